The van der Waals surface area contributed by atoms with E-state index in [0.29, 0.717) is 42.0 Å². The predicted molar refractivity (Wildman–Crippen MR) is 111 cm³/mol. The molecule has 6 nitrogen and oxygen atoms in total. The Balaban J connectivity index is 1.47. The maximum absolute atomic E-state index is 13.0. The van der Waals surface area contributed by atoms with Crippen molar-refractivity contribution in [1.29, 1.82) is 0 Å². The highest BCUT2D eigenvalue weighted by Crippen LogP contribution is 2.31. The van der Waals surface area contributed by atoms with Crippen LogP contribution in [0.25, 0.3) is 0 Å². The average molecular weight is 427 g/mol. The zero-order valence-electron chi connectivity index (χ0n) is 16.5. The van der Waals surface area contributed by atoms with Gasteiger partial charge in [0, 0.05) is 29.8 Å². The van der Waals surface area contributed by atoms with E-state index in [9.17, 15) is 18.0 Å². The normalized spacial score (nSPS) is 13.1. The van der Waals surface area contributed by atoms with Crippen molar-refractivity contribution in [2.24, 2.45) is 5.73 Å². The van der Waals surface area contributed by atoms with E-state index in [2.05, 4.69) is 20.6 Å². The van der Waals surface area contributed by atoms with Crippen molar-refractivity contribution in [1.82, 2.24) is 9.97 Å². The summed E-state index contributed by atoms with van der Waals surface area (Å²) in [6.45, 7) is 0.166. The molecule has 160 valence electrons. The number of aryl methyl sites for hydroxylation is 2. The molecule has 2 aromatic carbocycles. The Morgan fingerprint density at radius 1 is 1.06 bits per heavy atom. The average Bonchev–Trinajstić information content (AvgIpc) is 3.11. The van der Waals surface area contributed by atoms with Gasteiger partial charge in [-0.25, -0.2) is 9.97 Å². The van der Waals surface area contributed by atoms with Crippen molar-refractivity contribution in [2.45, 2.75) is 32.0 Å². The van der Waals surface area contributed by atoms with Crippen LogP contribution in [-0.4, -0.2) is 15.9 Å². The summed E-state index contributed by atoms with van der Waals surface area (Å²) in [6, 6.07) is 10.9. The van der Waals surface area contributed by atoms with Crippen molar-refractivity contribution < 1.29 is 18.0 Å². The van der Waals surface area contributed by atoms with E-state index in [1.165, 1.54) is 6.07 Å². The summed E-state index contributed by atoms with van der Waals surface area (Å²) in [5.74, 6) is 0.328. The summed E-state index contributed by atoms with van der Waals surface area (Å²) in [5, 5.41) is 5.88. The first kappa shape index (κ1) is 20.8. The van der Waals surface area contributed by atoms with Crippen molar-refractivity contribution in [3.8, 4) is 0 Å². The van der Waals surface area contributed by atoms with Crippen molar-refractivity contribution in [3.05, 3.63) is 76.6 Å². The first-order valence-electron chi connectivity index (χ1n) is 9.72. The van der Waals surface area contributed by atoms with Crippen molar-refractivity contribution >= 4 is 23.2 Å². The van der Waals surface area contributed by atoms with Gasteiger partial charge in [0.25, 0.3) is 0 Å². The molecule has 2 heterocycles. The number of hydrogen-bond donors (Lipinski definition) is 3. The largest absolute Gasteiger partial charge is 0.416 e. The second-order valence-electron chi connectivity index (χ2n) is 7.28. The fourth-order valence-corrected chi connectivity index (χ4v) is 3.53. The third-order valence-corrected chi connectivity index (χ3v) is 5.10. The number of carbonyl (C=O) groups excluding carboxylic acids is 1. The molecule has 0 saturated heterocycles. The number of aromatic nitrogens is 2. The Hall–Kier alpha value is -3.46. The number of fused-ring (bicyclic) bond motifs is 1. The SMILES string of the molecule is NCc1ccc(C(F)(F)F)cc1CCc1ccnc(Nc2ccc3c(c2)CC(=O)N3)n1. The Morgan fingerprint density at radius 3 is 2.68 bits per heavy atom. The van der Waals surface area contributed by atoms with Gasteiger partial charge < -0.3 is 16.4 Å². The fourth-order valence-electron chi connectivity index (χ4n) is 3.53. The molecule has 0 bridgehead atoms. The van der Waals surface area contributed by atoms with E-state index in [1.54, 1.807) is 12.3 Å². The van der Waals surface area contributed by atoms with Crippen LogP contribution in [0.3, 0.4) is 0 Å². The maximum atomic E-state index is 13.0. The Kier molecular flexibility index (Phi) is 5.60. The number of alkyl halides is 3. The number of amides is 1. The van der Waals surface area contributed by atoms with E-state index in [-0.39, 0.29) is 12.5 Å². The molecule has 4 N–H and O–H groups in total. The quantitative estimate of drug-likeness (QED) is 0.553. The van der Waals surface area contributed by atoms with Crippen molar-refractivity contribution in [2.75, 3.05) is 10.6 Å². The second-order valence-corrected chi connectivity index (χ2v) is 7.28. The van der Waals surface area contributed by atoms with Gasteiger partial charge >= 0.3 is 6.18 Å². The van der Waals surface area contributed by atoms with Crippen LogP contribution in [0.5, 0.6) is 0 Å². The minimum absolute atomic E-state index is 0.0446. The van der Waals surface area contributed by atoms with Crippen LogP contribution >= 0.6 is 0 Å². The van der Waals surface area contributed by atoms with Crippen LogP contribution in [-0.2, 0) is 36.8 Å². The minimum atomic E-state index is -4.40. The van der Waals surface area contributed by atoms with Crippen LogP contribution in [0.4, 0.5) is 30.5 Å². The maximum Gasteiger partial charge on any atom is 0.416 e. The highest BCUT2D eigenvalue weighted by atomic mass is 19.4. The van der Waals surface area contributed by atoms with Gasteiger partial charge in [0.05, 0.1) is 12.0 Å². The van der Waals surface area contributed by atoms with E-state index >= 15 is 0 Å². The zero-order chi connectivity index (χ0) is 22.0. The number of hydrogen-bond acceptors (Lipinski definition) is 5. The highest BCUT2D eigenvalue weighted by Gasteiger charge is 2.30. The molecule has 3 aromatic rings. The van der Waals surface area contributed by atoms with Crippen LogP contribution < -0.4 is 16.4 Å². The molecule has 1 aliphatic heterocycles. The number of nitrogens with zero attached hydrogens (tertiary/aromatic N) is 2. The van der Waals surface area contributed by atoms with Crippen molar-refractivity contribution in [3.63, 3.8) is 0 Å². The number of carbonyl (C=O) groups is 1. The molecule has 0 radical (unpaired) electrons. The number of nitrogens with two attached hydrogens (primary N) is 1. The van der Waals surface area contributed by atoms with Gasteiger partial charge in [0.15, 0.2) is 0 Å². The van der Waals surface area contributed by atoms with E-state index in [0.717, 1.165) is 29.1 Å². The molecule has 0 spiro atoms. The predicted octanol–water partition coefficient (Wildman–Crippen LogP) is 3.98. The first-order valence-corrected chi connectivity index (χ1v) is 9.72. The molecule has 0 atom stereocenters. The summed E-state index contributed by atoms with van der Waals surface area (Å²) in [7, 11) is 0. The number of benzene rings is 2. The number of rotatable bonds is 6. The van der Waals surface area contributed by atoms with Crippen LogP contribution in [0.1, 0.15) is 27.9 Å². The number of halogens is 3. The van der Waals surface area contributed by atoms with Crippen LogP contribution in [0.2, 0.25) is 0 Å². The topological polar surface area (TPSA) is 92.9 Å². The van der Waals surface area contributed by atoms with Gasteiger partial charge in [-0.05, 0) is 65.9 Å². The van der Waals surface area contributed by atoms with Gasteiger partial charge in [0.2, 0.25) is 11.9 Å². The molecule has 9 heteroatoms. The highest BCUT2D eigenvalue weighted by molar-refractivity contribution is 5.99. The third-order valence-electron chi connectivity index (χ3n) is 5.10. The van der Waals surface area contributed by atoms with Crippen LogP contribution in [0.15, 0.2) is 48.7 Å². The van der Waals surface area contributed by atoms with Gasteiger partial charge in [-0.2, -0.15) is 13.2 Å². The summed E-state index contributed by atoms with van der Waals surface area (Å²) < 4.78 is 39.1. The molecular weight excluding hydrogens is 407 g/mol. The Morgan fingerprint density at radius 2 is 1.90 bits per heavy atom. The third kappa shape index (κ3) is 4.83. The molecular formula is C22H20F3N5O. The van der Waals surface area contributed by atoms with Crippen LogP contribution in [0, 0.1) is 0 Å². The summed E-state index contributed by atoms with van der Waals surface area (Å²) in [5.41, 5.74) is 9.37. The fraction of sp³-hybridized carbons (Fsp3) is 0.227. The molecule has 1 aromatic heterocycles. The van der Waals surface area contributed by atoms with E-state index in [4.69, 9.17) is 5.73 Å². The molecule has 1 aliphatic rings. The summed E-state index contributed by atoms with van der Waals surface area (Å²) in [4.78, 5) is 20.2. The van der Waals surface area contributed by atoms with Gasteiger partial charge in [-0.3, -0.25) is 4.79 Å². The minimum Gasteiger partial charge on any atom is -0.326 e. The Labute approximate surface area is 176 Å². The van der Waals surface area contributed by atoms with Gasteiger partial charge in [0.1, 0.15) is 0 Å². The van der Waals surface area contributed by atoms with Gasteiger partial charge in [-0.1, -0.05) is 6.07 Å². The summed E-state index contributed by atoms with van der Waals surface area (Å²) in [6.07, 6.45) is -1.66. The number of anilines is 3. The van der Waals surface area contributed by atoms with Gasteiger partial charge in [-0.15, -0.1) is 0 Å². The second kappa shape index (κ2) is 8.35. The zero-order valence-corrected chi connectivity index (χ0v) is 16.5. The lowest BCUT2D eigenvalue weighted by molar-refractivity contribution is -0.137. The lowest BCUT2D eigenvalue weighted by atomic mass is 9.99. The molecule has 31 heavy (non-hydrogen) atoms. The molecule has 0 aliphatic carbocycles. The standard InChI is InChI=1S/C22H20F3N5O/c23-22(24,25)16-3-1-14(12-26)13(9-16)2-4-17-7-8-27-21(28-17)29-18-5-6-19-15(10-18)11-20(31)30-19/h1,3,5-10H,2,4,11-12,26H2,(H,30,31)(H,27,28,29). The smallest absolute Gasteiger partial charge is 0.326 e. The van der Waals surface area contributed by atoms with E-state index < -0.39 is 11.7 Å². The summed E-state index contributed by atoms with van der Waals surface area (Å²) >= 11 is 0. The monoisotopic (exact) mass is 427 g/mol. The lowest BCUT2D eigenvalue weighted by Crippen LogP contribution is -2.10. The molecule has 4 rings (SSSR count). The first-order chi connectivity index (χ1) is 14.8. The molecule has 1 amide bonds. The molecule has 0 saturated carbocycles. The molecule has 0 fully saturated rings. The Bertz CT molecular complexity index is 1130. The lowest BCUT2D eigenvalue weighted by Gasteiger charge is -2.13. The number of nitrogens with one attached hydrogen (secondary N) is 2. The van der Waals surface area contributed by atoms with E-state index in [1.807, 2.05) is 18.2 Å². The molecule has 0 unspecified atom stereocenters.